The first-order valence-electron chi connectivity index (χ1n) is 12.2. The van der Waals surface area contributed by atoms with Gasteiger partial charge in [-0.3, -0.25) is 4.79 Å². The van der Waals surface area contributed by atoms with Gasteiger partial charge < -0.3 is 29.1 Å². The molecule has 1 aromatic carbocycles. The second kappa shape index (κ2) is 9.75. The van der Waals surface area contributed by atoms with Crippen LogP contribution in [0.2, 0.25) is 0 Å². The van der Waals surface area contributed by atoms with E-state index in [2.05, 4.69) is 15.5 Å². The Labute approximate surface area is 205 Å². The van der Waals surface area contributed by atoms with Crippen molar-refractivity contribution >= 4 is 17.7 Å². The van der Waals surface area contributed by atoms with Crippen molar-refractivity contribution in [3.8, 4) is 5.75 Å². The van der Waals surface area contributed by atoms with Gasteiger partial charge in [-0.05, 0) is 66.0 Å². The summed E-state index contributed by atoms with van der Waals surface area (Å²) in [5.41, 5.74) is -0.657. The molecular formula is C25H35N5O5. The molecule has 2 amide bonds. The Kier molecular flexibility index (Phi) is 6.91. The number of fused-ring (bicyclic) bond motifs is 1. The van der Waals surface area contributed by atoms with E-state index in [0.29, 0.717) is 30.6 Å². The van der Waals surface area contributed by atoms with E-state index in [4.69, 9.17) is 14.0 Å². The van der Waals surface area contributed by atoms with E-state index in [-0.39, 0.29) is 5.91 Å². The lowest BCUT2D eigenvalue weighted by molar-refractivity contribution is -0.139. The second-order valence-electron chi connectivity index (χ2n) is 10.6. The highest BCUT2D eigenvalue weighted by Gasteiger charge is 2.35. The van der Waals surface area contributed by atoms with Gasteiger partial charge in [0.25, 0.3) is 5.91 Å². The number of hydrogen-bond donors (Lipinski definition) is 1. The van der Waals surface area contributed by atoms with E-state index < -0.39 is 23.3 Å². The molecule has 0 radical (unpaired) electrons. The Morgan fingerprint density at radius 1 is 1.11 bits per heavy atom. The van der Waals surface area contributed by atoms with Crippen LogP contribution in [0.4, 0.5) is 10.5 Å². The van der Waals surface area contributed by atoms with Crippen molar-refractivity contribution in [1.82, 2.24) is 20.4 Å². The fraction of sp³-hybridized carbons (Fsp3) is 0.600. The van der Waals surface area contributed by atoms with Crippen molar-refractivity contribution in [2.24, 2.45) is 0 Å². The van der Waals surface area contributed by atoms with Crippen LogP contribution in [-0.4, -0.2) is 58.4 Å². The number of nitrogens with one attached hydrogen (secondary N) is 1. The highest BCUT2D eigenvalue weighted by atomic mass is 16.6. The number of rotatable bonds is 5. The fourth-order valence-corrected chi connectivity index (χ4v) is 4.25. The largest absolute Gasteiger partial charge is 0.477 e. The van der Waals surface area contributed by atoms with Crippen LogP contribution in [0.25, 0.3) is 0 Å². The minimum atomic E-state index is -0.903. The summed E-state index contributed by atoms with van der Waals surface area (Å²) in [6.07, 6.45) is 2.04. The summed E-state index contributed by atoms with van der Waals surface area (Å²) >= 11 is 0. The molecule has 4 rings (SSSR count). The first-order valence-corrected chi connectivity index (χ1v) is 12.2. The molecule has 2 aliphatic heterocycles. The minimum absolute atomic E-state index is 0.0121. The van der Waals surface area contributed by atoms with E-state index in [1.54, 1.807) is 34.6 Å². The SMILES string of the molecule is CC(C)(C)OC(=O)NC(C)(C)c1noc(CN2CC(C(=O)N3CCCCC3)Oc3ccccc32)n1. The van der Waals surface area contributed by atoms with Crippen molar-refractivity contribution in [2.45, 2.75) is 77.7 Å². The number of carbonyl (C=O) groups is 2. The molecule has 1 fully saturated rings. The normalized spacial score (nSPS) is 18.5. The van der Waals surface area contributed by atoms with Gasteiger partial charge in [0.2, 0.25) is 5.89 Å². The van der Waals surface area contributed by atoms with Gasteiger partial charge in [0, 0.05) is 13.1 Å². The Hall–Kier alpha value is -3.30. The summed E-state index contributed by atoms with van der Waals surface area (Å²) < 4.78 is 17.0. The molecule has 2 aromatic rings. The second-order valence-corrected chi connectivity index (χ2v) is 10.6. The molecular weight excluding hydrogens is 450 g/mol. The van der Waals surface area contributed by atoms with Crippen molar-refractivity contribution < 1.29 is 23.6 Å². The van der Waals surface area contributed by atoms with Crippen LogP contribution < -0.4 is 15.0 Å². The number of benzene rings is 1. The predicted octanol–water partition coefficient (Wildman–Crippen LogP) is 3.61. The summed E-state index contributed by atoms with van der Waals surface area (Å²) in [6, 6.07) is 7.63. The standard InChI is InChI=1S/C25H35N5O5/c1-24(2,3)34-23(32)27-25(4,5)22-26-20(35-28-22)16-30-15-19(21(31)29-13-9-6-10-14-29)33-18-12-8-7-11-17(18)30/h7-8,11-12,19H,6,9-10,13-16H2,1-5H3,(H,27,32). The van der Waals surface area contributed by atoms with Gasteiger partial charge in [-0.2, -0.15) is 4.98 Å². The number of alkyl carbamates (subject to hydrolysis) is 1. The zero-order valence-corrected chi connectivity index (χ0v) is 21.2. The van der Waals surface area contributed by atoms with Crippen molar-refractivity contribution in [2.75, 3.05) is 24.5 Å². The monoisotopic (exact) mass is 485 g/mol. The molecule has 1 unspecified atom stereocenters. The zero-order chi connectivity index (χ0) is 25.2. The number of para-hydroxylation sites is 2. The van der Waals surface area contributed by atoms with Gasteiger partial charge in [0.15, 0.2) is 11.9 Å². The molecule has 0 spiro atoms. The van der Waals surface area contributed by atoms with E-state index in [0.717, 1.165) is 38.0 Å². The van der Waals surface area contributed by atoms with E-state index in [1.807, 2.05) is 34.1 Å². The lowest BCUT2D eigenvalue weighted by Crippen LogP contribution is -2.51. The summed E-state index contributed by atoms with van der Waals surface area (Å²) in [5, 5.41) is 6.89. The molecule has 190 valence electrons. The van der Waals surface area contributed by atoms with E-state index >= 15 is 0 Å². The van der Waals surface area contributed by atoms with Crippen LogP contribution in [0, 0.1) is 0 Å². The van der Waals surface area contributed by atoms with E-state index in [1.165, 1.54) is 0 Å². The van der Waals surface area contributed by atoms with Crippen LogP contribution in [0.3, 0.4) is 0 Å². The highest BCUT2D eigenvalue weighted by Crippen LogP contribution is 2.34. The number of hydrogen-bond acceptors (Lipinski definition) is 8. The molecule has 10 heteroatoms. The van der Waals surface area contributed by atoms with Crippen LogP contribution in [0.5, 0.6) is 5.75 Å². The number of nitrogens with zero attached hydrogens (tertiary/aromatic N) is 4. The Bertz CT molecular complexity index is 1050. The van der Waals surface area contributed by atoms with E-state index in [9.17, 15) is 9.59 Å². The van der Waals surface area contributed by atoms with Crippen LogP contribution in [-0.2, 0) is 21.6 Å². The number of piperidine rings is 1. The van der Waals surface area contributed by atoms with Crippen LogP contribution in [0.15, 0.2) is 28.8 Å². The number of anilines is 1. The molecule has 0 bridgehead atoms. The maximum absolute atomic E-state index is 13.2. The number of likely N-dealkylation sites (tertiary alicyclic amines) is 1. The van der Waals surface area contributed by atoms with Crippen LogP contribution >= 0.6 is 0 Å². The number of amides is 2. The van der Waals surface area contributed by atoms with Gasteiger partial charge in [0.05, 0.1) is 18.8 Å². The maximum Gasteiger partial charge on any atom is 0.408 e. The van der Waals surface area contributed by atoms with Crippen molar-refractivity contribution in [1.29, 1.82) is 0 Å². The topological polar surface area (TPSA) is 110 Å². The van der Waals surface area contributed by atoms with Crippen LogP contribution in [0.1, 0.15) is 65.6 Å². The van der Waals surface area contributed by atoms with Crippen molar-refractivity contribution in [3.63, 3.8) is 0 Å². The summed E-state index contributed by atoms with van der Waals surface area (Å²) in [7, 11) is 0. The third-order valence-electron chi connectivity index (χ3n) is 5.97. The van der Waals surface area contributed by atoms with Gasteiger partial charge in [-0.1, -0.05) is 17.3 Å². The van der Waals surface area contributed by atoms with Gasteiger partial charge >= 0.3 is 6.09 Å². The summed E-state index contributed by atoms with van der Waals surface area (Å²) in [6.45, 7) is 11.2. The molecule has 3 heterocycles. The Morgan fingerprint density at radius 3 is 2.54 bits per heavy atom. The average Bonchev–Trinajstić information content (AvgIpc) is 3.27. The molecule has 0 saturated carbocycles. The number of aromatic nitrogens is 2. The third kappa shape index (κ3) is 6.04. The number of carbonyl (C=O) groups excluding carboxylic acids is 2. The average molecular weight is 486 g/mol. The molecule has 35 heavy (non-hydrogen) atoms. The van der Waals surface area contributed by atoms with Crippen molar-refractivity contribution in [3.05, 3.63) is 36.0 Å². The summed E-state index contributed by atoms with van der Waals surface area (Å²) in [4.78, 5) is 33.9. The summed E-state index contributed by atoms with van der Waals surface area (Å²) in [5.74, 6) is 1.37. The smallest absolute Gasteiger partial charge is 0.408 e. The lowest BCUT2D eigenvalue weighted by atomic mass is 10.1. The fourth-order valence-electron chi connectivity index (χ4n) is 4.25. The first kappa shape index (κ1) is 24.8. The molecule has 1 saturated heterocycles. The zero-order valence-electron chi connectivity index (χ0n) is 21.2. The van der Waals surface area contributed by atoms with Gasteiger partial charge in [-0.15, -0.1) is 0 Å². The molecule has 10 nitrogen and oxygen atoms in total. The maximum atomic E-state index is 13.2. The molecule has 2 aliphatic rings. The Morgan fingerprint density at radius 2 is 1.83 bits per heavy atom. The number of ether oxygens (including phenoxy) is 2. The van der Waals surface area contributed by atoms with Gasteiger partial charge in [-0.25, -0.2) is 4.79 Å². The highest BCUT2D eigenvalue weighted by molar-refractivity contribution is 5.83. The van der Waals surface area contributed by atoms with Gasteiger partial charge in [0.1, 0.15) is 16.9 Å². The predicted molar refractivity (Wildman–Crippen MR) is 129 cm³/mol. The molecule has 1 N–H and O–H groups in total. The molecule has 1 atom stereocenters. The minimum Gasteiger partial charge on any atom is -0.477 e. The quantitative estimate of drug-likeness (QED) is 0.684. The third-order valence-corrected chi connectivity index (χ3v) is 5.97. The first-order chi connectivity index (χ1) is 16.5. The molecule has 0 aliphatic carbocycles. The Balaban J connectivity index is 1.48. The molecule has 1 aromatic heterocycles. The lowest BCUT2D eigenvalue weighted by Gasteiger charge is -2.37.